The number of benzene rings is 1. The maximum Gasteiger partial charge on any atom is 0.121 e. The predicted molar refractivity (Wildman–Crippen MR) is 77.6 cm³/mol. The van der Waals surface area contributed by atoms with Gasteiger partial charge in [0.05, 0.1) is 7.11 Å². The smallest absolute Gasteiger partial charge is 0.121 e. The predicted octanol–water partition coefficient (Wildman–Crippen LogP) is 2.91. The van der Waals surface area contributed by atoms with E-state index in [-0.39, 0.29) is 0 Å². The summed E-state index contributed by atoms with van der Waals surface area (Å²) in [4.78, 5) is 0. The average molecular weight is 263 g/mol. The maximum absolute atomic E-state index is 5.28. The van der Waals surface area contributed by atoms with E-state index in [0.717, 1.165) is 25.4 Å². The molecule has 0 aliphatic heterocycles. The van der Waals surface area contributed by atoms with Crippen LogP contribution < -0.4 is 10.1 Å². The largest absolute Gasteiger partial charge is 0.496 e. The summed E-state index contributed by atoms with van der Waals surface area (Å²) in [6.45, 7) is 4.99. The minimum absolute atomic E-state index is 0.511. The first kappa shape index (κ1) is 14.4. The van der Waals surface area contributed by atoms with Crippen molar-refractivity contribution in [1.29, 1.82) is 0 Å². The third-order valence-electron chi connectivity index (χ3n) is 4.08. The fourth-order valence-corrected chi connectivity index (χ4v) is 2.53. The van der Waals surface area contributed by atoms with E-state index in [9.17, 15) is 0 Å². The molecule has 0 unspecified atom stereocenters. The van der Waals surface area contributed by atoms with Crippen LogP contribution in [0.15, 0.2) is 18.2 Å². The van der Waals surface area contributed by atoms with Gasteiger partial charge in [-0.25, -0.2) is 0 Å². The summed E-state index contributed by atoms with van der Waals surface area (Å²) in [5.41, 5.74) is 3.03. The van der Waals surface area contributed by atoms with E-state index in [4.69, 9.17) is 9.47 Å². The van der Waals surface area contributed by atoms with Gasteiger partial charge in [0.25, 0.3) is 0 Å². The molecule has 0 spiro atoms. The van der Waals surface area contributed by atoms with Crippen molar-refractivity contribution in [3.8, 4) is 5.75 Å². The Morgan fingerprint density at radius 3 is 2.63 bits per heavy atom. The Kier molecular flexibility index (Phi) is 4.83. The lowest BCUT2D eigenvalue weighted by Crippen LogP contribution is -2.24. The van der Waals surface area contributed by atoms with Crippen LogP contribution in [0.1, 0.15) is 30.4 Å². The standard InChI is InChI=1S/C16H25NO2/c1-13-10-14(4-5-15(13)19-3)11-17-12-16(6-7-16)8-9-18-2/h4-5,10,17H,6-9,11-12H2,1-3H3. The monoisotopic (exact) mass is 263 g/mol. The van der Waals surface area contributed by atoms with Gasteiger partial charge in [-0.3, -0.25) is 0 Å². The second-order valence-electron chi connectivity index (χ2n) is 5.65. The lowest BCUT2D eigenvalue weighted by Gasteiger charge is -2.16. The maximum atomic E-state index is 5.28. The van der Waals surface area contributed by atoms with Crippen LogP contribution in [0.4, 0.5) is 0 Å². The third-order valence-corrected chi connectivity index (χ3v) is 4.08. The SMILES string of the molecule is COCCC1(CNCc2ccc(OC)c(C)c2)CC1. The first-order valence-corrected chi connectivity index (χ1v) is 7.02. The molecule has 1 aliphatic carbocycles. The lowest BCUT2D eigenvalue weighted by atomic mass is 10.0. The first-order chi connectivity index (χ1) is 9.19. The summed E-state index contributed by atoms with van der Waals surface area (Å²) >= 11 is 0. The van der Waals surface area contributed by atoms with Crippen molar-refractivity contribution in [3.63, 3.8) is 0 Å². The first-order valence-electron chi connectivity index (χ1n) is 7.02. The molecule has 1 aliphatic rings. The zero-order valence-corrected chi connectivity index (χ0v) is 12.3. The minimum atomic E-state index is 0.511. The molecule has 3 heteroatoms. The summed E-state index contributed by atoms with van der Waals surface area (Å²) in [5, 5.41) is 3.58. The van der Waals surface area contributed by atoms with Gasteiger partial charge in [-0.1, -0.05) is 12.1 Å². The van der Waals surface area contributed by atoms with Crippen LogP contribution in [0.3, 0.4) is 0 Å². The van der Waals surface area contributed by atoms with Gasteiger partial charge in [0.15, 0.2) is 0 Å². The number of ether oxygens (including phenoxy) is 2. The highest BCUT2D eigenvalue weighted by Gasteiger charge is 2.41. The van der Waals surface area contributed by atoms with Crippen LogP contribution in [-0.2, 0) is 11.3 Å². The van der Waals surface area contributed by atoms with E-state index in [2.05, 4.69) is 24.4 Å². The van der Waals surface area contributed by atoms with Gasteiger partial charge in [-0.2, -0.15) is 0 Å². The Morgan fingerprint density at radius 2 is 2.05 bits per heavy atom. The van der Waals surface area contributed by atoms with Crippen molar-refractivity contribution in [2.45, 2.75) is 32.7 Å². The summed E-state index contributed by atoms with van der Waals surface area (Å²) in [5.74, 6) is 0.961. The molecule has 19 heavy (non-hydrogen) atoms. The van der Waals surface area contributed by atoms with Crippen molar-refractivity contribution in [3.05, 3.63) is 29.3 Å². The summed E-state index contributed by atoms with van der Waals surface area (Å²) in [6, 6.07) is 6.37. The highest BCUT2D eigenvalue weighted by molar-refractivity contribution is 5.36. The highest BCUT2D eigenvalue weighted by atomic mass is 16.5. The molecular weight excluding hydrogens is 238 g/mol. The molecule has 1 aromatic carbocycles. The van der Waals surface area contributed by atoms with Crippen LogP contribution >= 0.6 is 0 Å². The molecule has 0 bridgehead atoms. The van der Waals surface area contributed by atoms with Gasteiger partial charge in [0.2, 0.25) is 0 Å². The van der Waals surface area contributed by atoms with Crippen LogP contribution in [-0.4, -0.2) is 27.4 Å². The van der Waals surface area contributed by atoms with Crippen molar-refractivity contribution in [1.82, 2.24) is 5.32 Å². The lowest BCUT2D eigenvalue weighted by molar-refractivity contribution is 0.171. The fraction of sp³-hybridized carbons (Fsp3) is 0.625. The number of aryl methyl sites for hydroxylation is 1. The van der Waals surface area contributed by atoms with Crippen LogP contribution in [0.5, 0.6) is 5.75 Å². The molecule has 0 radical (unpaired) electrons. The van der Waals surface area contributed by atoms with Crippen molar-refractivity contribution < 1.29 is 9.47 Å². The molecule has 0 aromatic heterocycles. The Hall–Kier alpha value is -1.06. The molecule has 1 N–H and O–H groups in total. The van der Waals surface area contributed by atoms with E-state index in [1.165, 1.54) is 30.4 Å². The number of hydrogen-bond donors (Lipinski definition) is 1. The highest BCUT2D eigenvalue weighted by Crippen LogP contribution is 2.48. The topological polar surface area (TPSA) is 30.5 Å². The van der Waals surface area contributed by atoms with E-state index in [1.54, 1.807) is 14.2 Å². The van der Waals surface area contributed by atoms with Crippen LogP contribution in [0.25, 0.3) is 0 Å². The molecule has 106 valence electrons. The molecule has 3 nitrogen and oxygen atoms in total. The van der Waals surface area contributed by atoms with E-state index in [1.807, 2.05) is 6.07 Å². The number of rotatable bonds is 8. The number of hydrogen-bond acceptors (Lipinski definition) is 3. The van der Waals surface area contributed by atoms with E-state index < -0.39 is 0 Å². The minimum Gasteiger partial charge on any atom is -0.496 e. The Balaban J connectivity index is 1.78. The average Bonchev–Trinajstić information content (AvgIpc) is 3.17. The molecule has 1 saturated carbocycles. The Morgan fingerprint density at radius 1 is 1.26 bits per heavy atom. The summed E-state index contributed by atoms with van der Waals surface area (Å²) in [6.07, 6.45) is 3.86. The van der Waals surface area contributed by atoms with E-state index in [0.29, 0.717) is 5.41 Å². The quantitative estimate of drug-likeness (QED) is 0.782. The second-order valence-corrected chi connectivity index (χ2v) is 5.65. The number of nitrogens with one attached hydrogen (secondary N) is 1. The van der Waals surface area contributed by atoms with Crippen LogP contribution in [0.2, 0.25) is 0 Å². The molecule has 2 rings (SSSR count). The molecule has 0 saturated heterocycles. The summed E-state index contributed by atoms with van der Waals surface area (Å²) in [7, 11) is 3.50. The Labute approximate surface area is 116 Å². The Bertz CT molecular complexity index is 413. The van der Waals surface area contributed by atoms with Gasteiger partial charge in [0, 0.05) is 26.8 Å². The second kappa shape index (κ2) is 6.40. The molecular formula is C16H25NO2. The molecule has 0 atom stereocenters. The summed E-state index contributed by atoms with van der Waals surface area (Å²) < 4.78 is 10.5. The zero-order valence-electron chi connectivity index (χ0n) is 12.3. The molecule has 0 heterocycles. The van der Waals surface area contributed by atoms with Crippen molar-refractivity contribution in [2.75, 3.05) is 27.4 Å². The fourth-order valence-electron chi connectivity index (χ4n) is 2.53. The van der Waals surface area contributed by atoms with Gasteiger partial charge in [0.1, 0.15) is 5.75 Å². The van der Waals surface area contributed by atoms with Gasteiger partial charge in [-0.15, -0.1) is 0 Å². The van der Waals surface area contributed by atoms with Gasteiger partial charge >= 0.3 is 0 Å². The molecule has 1 aromatic rings. The van der Waals surface area contributed by atoms with Crippen molar-refractivity contribution in [2.24, 2.45) is 5.41 Å². The van der Waals surface area contributed by atoms with Crippen LogP contribution in [0, 0.1) is 12.3 Å². The number of methoxy groups -OCH3 is 2. The molecule has 1 fully saturated rings. The van der Waals surface area contributed by atoms with Crippen molar-refractivity contribution >= 4 is 0 Å². The normalized spacial score (nSPS) is 16.4. The van der Waals surface area contributed by atoms with Gasteiger partial charge in [-0.05, 0) is 48.8 Å². The molecule has 0 amide bonds. The van der Waals surface area contributed by atoms with E-state index >= 15 is 0 Å². The zero-order chi connectivity index (χ0) is 13.7. The third kappa shape index (κ3) is 3.95. The van der Waals surface area contributed by atoms with Gasteiger partial charge < -0.3 is 14.8 Å².